The molecule has 0 spiro atoms. The Morgan fingerprint density at radius 1 is 1.45 bits per heavy atom. The molecule has 1 saturated heterocycles. The first-order valence-corrected chi connectivity index (χ1v) is 4.50. The van der Waals surface area contributed by atoms with Crippen molar-refractivity contribution in [3.8, 4) is 0 Å². The second kappa shape index (κ2) is 3.55. The van der Waals surface area contributed by atoms with E-state index in [9.17, 15) is 0 Å². The molecule has 0 aliphatic carbocycles. The first kappa shape index (κ1) is 9.01. The van der Waals surface area contributed by atoms with Crippen LogP contribution in [-0.2, 0) is 0 Å². The highest BCUT2D eigenvalue weighted by Gasteiger charge is 2.35. The molecule has 1 fully saturated rings. The molecule has 1 heterocycles. The van der Waals surface area contributed by atoms with Crippen molar-refractivity contribution in [1.82, 2.24) is 5.32 Å². The summed E-state index contributed by atoms with van der Waals surface area (Å²) in [5.74, 6) is 0.763. The maximum atomic E-state index is 9.11. The number of aliphatic hydroxyl groups excluding tert-OH is 1. The van der Waals surface area contributed by atoms with Crippen LogP contribution in [0.1, 0.15) is 26.7 Å². The lowest BCUT2D eigenvalue weighted by Gasteiger charge is -2.41. The molecule has 2 heteroatoms. The van der Waals surface area contributed by atoms with E-state index in [1.165, 1.54) is 12.8 Å². The third-order valence-electron chi connectivity index (χ3n) is 2.59. The van der Waals surface area contributed by atoms with Crippen LogP contribution in [0.3, 0.4) is 0 Å². The Balaban J connectivity index is 2.22. The van der Waals surface area contributed by atoms with Gasteiger partial charge in [0.2, 0.25) is 0 Å². The lowest BCUT2D eigenvalue weighted by molar-refractivity contribution is 0.0545. The maximum Gasteiger partial charge on any atom is 0.0511 e. The van der Waals surface area contributed by atoms with Gasteiger partial charge in [-0.3, -0.25) is 0 Å². The van der Waals surface area contributed by atoms with E-state index in [2.05, 4.69) is 19.2 Å². The minimum absolute atomic E-state index is 0.240. The summed E-state index contributed by atoms with van der Waals surface area (Å²) >= 11 is 0. The van der Waals surface area contributed by atoms with Crippen LogP contribution in [0.2, 0.25) is 0 Å². The standard InChI is InChI=1S/C9H19NO/c1-8(2)3-4-9(7-11)5-10-6-9/h8,10-11H,3-7H2,1-2H3. The van der Waals surface area contributed by atoms with Gasteiger partial charge in [0.05, 0.1) is 6.61 Å². The molecule has 0 aromatic rings. The fraction of sp³-hybridized carbons (Fsp3) is 1.00. The zero-order valence-corrected chi connectivity index (χ0v) is 7.56. The van der Waals surface area contributed by atoms with E-state index in [-0.39, 0.29) is 5.41 Å². The lowest BCUT2D eigenvalue weighted by Crippen LogP contribution is -2.55. The summed E-state index contributed by atoms with van der Waals surface area (Å²) in [6.45, 7) is 6.84. The quantitative estimate of drug-likeness (QED) is 0.638. The van der Waals surface area contributed by atoms with E-state index in [1.54, 1.807) is 0 Å². The summed E-state index contributed by atoms with van der Waals surface area (Å²) in [5, 5.41) is 12.3. The van der Waals surface area contributed by atoms with Gasteiger partial charge in [-0.1, -0.05) is 20.3 Å². The molecule has 1 rings (SSSR count). The van der Waals surface area contributed by atoms with Crippen LogP contribution in [0, 0.1) is 11.3 Å². The molecule has 66 valence electrons. The number of hydrogen-bond donors (Lipinski definition) is 2. The Labute approximate surface area is 69.0 Å². The van der Waals surface area contributed by atoms with Crippen molar-refractivity contribution in [3.63, 3.8) is 0 Å². The highest BCUT2D eigenvalue weighted by molar-refractivity contribution is 4.91. The third-order valence-corrected chi connectivity index (χ3v) is 2.59. The van der Waals surface area contributed by atoms with Crippen molar-refractivity contribution in [3.05, 3.63) is 0 Å². The van der Waals surface area contributed by atoms with E-state index in [4.69, 9.17) is 5.11 Å². The normalized spacial score (nSPS) is 21.8. The monoisotopic (exact) mass is 157 g/mol. The van der Waals surface area contributed by atoms with E-state index in [1.807, 2.05) is 0 Å². The van der Waals surface area contributed by atoms with Crippen LogP contribution in [0.15, 0.2) is 0 Å². The number of hydrogen-bond acceptors (Lipinski definition) is 2. The van der Waals surface area contributed by atoms with Gasteiger partial charge in [0.1, 0.15) is 0 Å². The van der Waals surface area contributed by atoms with Crippen molar-refractivity contribution in [2.75, 3.05) is 19.7 Å². The van der Waals surface area contributed by atoms with Gasteiger partial charge in [-0.15, -0.1) is 0 Å². The van der Waals surface area contributed by atoms with Crippen LogP contribution in [0.25, 0.3) is 0 Å². The van der Waals surface area contributed by atoms with Crippen LogP contribution in [0.4, 0.5) is 0 Å². The maximum absolute atomic E-state index is 9.11. The van der Waals surface area contributed by atoms with Crippen molar-refractivity contribution < 1.29 is 5.11 Å². The van der Waals surface area contributed by atoms with Crippen LogP contribution < -0.4 is 5.32 Å². The Morgan fingerprint density at radius 2 is 2.09 bits per heavy atom. The van der Waals surface area contributed by atoms with Gasteiger partial charge < -0.3 is 10.4 Å². The topological polar surface area (TPSA) is 32.3 Å². The molecule has 0 aromatic carbocycles. The molecule has 1 aliphatic rings. The highest BCUT2D eigenvalue weighted by atomic mass is 16.3. The average molecular weight is 157 g/mol. The molecular weight excluding hydrogens is 138 g/mol. The van der Waals surface area contributed by atoms with E-state index in [0.717, 1.165) is 19.0 Å². The Hall–Kier alpha value is -0.0800. The molecule has 2 nitrogen and oxygen atoms in total. The Kier molecular flexibility index (Phi) is 2.90. The summed E-state index contributed by atoms with van der Waals surface area (Å²) in [6.07, 6.45) is 2.41. The Bertz CT molecular complexity index is 113. The summed E-state index contributed by atoms with van der Waals surface area (Å²) in [7, 11) is 0. The number of rotatable bonds is 4. The largest absolute Gasteiger partial charge is 0.396 e. The van der Waals surface area contributed by atoms with Gasteiger partial charge in [-0.05, 0) is 12.3 Å². The molecule has 0 amide bonds. The van der Waals surface area contributed by atoms with Gasteiger partial charge in [0.25, 0.3) is 0 Å². The predicted molar refractivity (Wildman–Crippen MR) is 46.5 cm³/mol. The second-order valence-corrected chi connectivity index (χ2v) is 4.19. The van der Waals surface area contributed by atoms with Crippen molar-refractivity contribution in [2.45, 2.75) is 26.7 Å². The van der Waals surface area contributed by atoms with Crippen molar-refractivity contribution in [1.29, 1.82) is 0 Å². The predicted octanol–water partition coefficient (Wildman–Crippen LogP) is 1.00. The van der Waals surface area contributed by atoms with Gasteiger partial charge in [0.15, 0.2) is 0 Å². The molecule has 0 radical (unpaired) electrons. The molecule has 0 bridgehead atoms. The van der Waals surface area contributed by atoms with E-state index in [0.29, 0.717) is 6.61 Å². The minimum atomic E-state index is 0.240. The number of aliphatic hydroxyl groups is 1. The van der Waals surface area contributed by atoms with Crippen LogP contribution in [0.5, 0.6) is 0 Å². The first-order valence-electron chi connectivity index (χ1n) is 4.50. The van der Waals surface area contributed by atoms with Gasteiger partial charge >= 0.3 is 0 Å². The zero-order valence-electron chi connectivity index (χ0n) is 7.56. The fourth-order valence-corrected chi connectivity index (χ4v) is 1.44. The minimum Gasteiger partial charge on any atom is -0.396 e. The smallest absolute Gasteiger partial charge is 0.0511 e. The fourth-order valence-electron chi connectivity index (χ4n) is 1.44. The molecule has 1 aliphatic heterocycles. The third kappa shape index (κ3) is 2.17. The summed E-state index contributed by atoms with van der Waals surface area (Å²) < 4.78 is 0. The Morgan fingerprint density at radius 3 is 2.36 bits per heavy atom. The van der Waals surface area contributed by atoms with Gasteiger partial charge in [0, 0.05) is 18.5 Å². The molecule has 0 unspecified atom stereocenters. The molecule has 2 N–H and O–H groups in total. The average Bonchev–Trinajstić information content (AvgIpc) is 1.86. The molecule has 11 heavy (non-hydrogen) atoms. The first-order chi connectivity index (χ1) is 5.18. The van der Waals surface area contributed by atoms with Crippen LogP contribution in [-0.4, -0.2) is 24.8 Å². The molecule has 0 saturated carbocycles. The van der Waals surface area contributed by atoms with Gasteiger partial charge in [-0.2, -0.15) is 0 Å². The SMILES string of the molecule is CC(C)CCC1(CO)CNC1. The van der Waals surface area contributed by atoms with Crippen molar-refractivity contribution >= 4 is 0 Å². The summed E-state index contributed by atoms with van der Waals surface area (Å²) in [6, 6.07) is 0. The lowest BCUT2D eigenvalue weighted by atomic mass is 9.77. The summed E-state index contributed by atoms with van der Waals surface area (Å²) in [5.41, 5.74) is 0.240. The molecular formula is C9H19NO. The summed E-state index contributed by atoms with van der Waals surface area (Å²) in [4.78, 5) is 0. The zero-order chi connectivity index (χ0) is 8.32. The van der Waals surface area contributed by atoms with E-state index >= 15 is 0 Å². The van der Waals surface area contributed by atoms with Gasteiger partial charge in [-0.25, -0.2) is 0 Å². The van der Waals surface area contributed by atoms with Crippen LogP contribution >= 0.6 is 0 Å². The second-order valence-electron chi connectivity index (χ2n) is 4.19. The molecule has 0 aromatic heterocycles. The van der Waals surface area contributed by atoms with E-state index < -0.39 is 0 Å². The number of nitrogens with one attached hydrogen (secondary N) is 1. The van der Waals surface area contributed by atoms with Crippen molar-refractivity contribution in [2.24, 2.45) is 11.3 Å². The molecule has 0 atom stereocenters. The highest BCUT2D eigenvalue weighted by Crippen LogP contribution is 2.29.